The normalized spacial score (nSPS) is 9.48. The lowest BCUT2D eigenvalue weighted by Gasteiger charge is -2.20. The molecule has 0 unspecified atom stereocenters. The van der Waals surface area contributed by atoms with Gasteiger partial charge in [0.15, 0.2) is 6.61 Å². The Labute approximate surface area is 125 Å². The van der Waals surface area contributed by atoms with Gasteiger partial charge in [0.1, 0.15) is 5.75 Å². The van der Waals surface area contributed by atoms with Gasteiger partial charge in [-0.2, -0.15) is 10.5 Å². The smallest absolute Gasteiger partial charge is 0.260 e. The summed E-state index contributed by atoms with van der Waals surface area (Å²) in [7, 11) is 0. The first kappa shape index (κ1) is 16.5. The van der Waals surface area contributed by atoms with E-state index >= 15 is 0 Å². The van der Waals surface area contributed by atoms with Crippen molar-refractivity contribution in [2.24, 2.45) is 0 Å². The summed E-state index contributed by atoms with van der Waals surface area (Å²) >= 11 is 0. The van der Waals surface area contributed by atoms with Crippen molar-refractivity contribution in [3.8, 4) is 17.9 Å². The average Bonchev–Trinajstić information content (AvgIpc) is 2.53. The Bertz CT molecular complexity index is 508. The highest BCUT2D eigenvalue weighted by molar-refractivity contribution is 5.77. The summed E-state index contributed by atoms with van der Waals surface area (Å²) in [6.07, 6.45) is 1.46. The van der Waals surface area contributed by atoms with Gasteiger partial charge in [-0.3, -0.25) is 4.79 Å². The minimum atomic E-state index is -0.208. The van der Waals surface area contributed by atoms with Crippen LogP contribution < -0.4 is 4.74 Å². The van der Waals surface area contributed by atoms with Crippen molar-refractivity contribution in [3.63, 3.8) is 0 Å². The van der Waals surface area contributed by atoms with Gasteiger partial charge in [-0.25, -0.2) is 0 Å². The Morgan fingerprint density at radius 2 is 1.71 bits per heavy atom. The molecule has 0 N–H and O–H groups in total. The lowest BCUT2D eigenvalue weighted by Crippen LogP contribution is -2.36. The zero-order valence-corrected chi connectivity index (χ0v) is 12.2. The van der Waals surface area contributed by atoms with E-state index in [0.29, 0.717) is 18.8 Å². The number of rotatable bonds is 8. The van der Waals surface area contributed by atoms with Crippen LogP contribution in [-0.4, -0.2) is 30.5 Å². The third-order valence-electron chi connectivity index (χ3n) is 3.03. The van der Waals surface area contributed by atoms with E-state index in [1.807, 2.05) is 36.4 Å². The first-order valence-corrected chi connectivity index (χ1v) is 6.94. The number of nitrogens with zero attached hydrogens (tertiary/aromatic N) is 3. The summed E-state index contributed by atoms with van der Waals surface area (Å²) in [5.74, 6) is 0.432. The zero-order chi connectivity index (χ0) is 15.5. The Hall–Kier alpha value is -2.53. The number of ether oxygens (including phenoxy) is 1. The average molecular weight is 285 g/mol. The van der Waals surface area contributed by atoms with Crippen LogP contribution in [0.15, 0.2) is 24.3 Å². The van der Waals surface area contributed by atoms with Gasteiger partial charge in [-0.1, -0.05) is 19.1 Å². The van der Waals surface area contributed by atoms with Crippen LogP contribution in [0.5, 0.6) is 5.75 Å². The maximum absolute atomic E-state index is 12.0. The third-order valence-corrected chi connectivity index (χ3v) is 3.03. The van der Waals surface area contributed by atoms with Crippen LogP contribution in [0.25, 0.3) is 0 Å². The molecular formula is C16H19N3O2. The van der Waals surface area contributed by atoms with E-state index in [-0.39, 0.29) is 25.4 Å². The van der Waals surface area contributed by atoms with Crippen LogP contribution in [0.3, 0.4) is 0 Å². The number of hydrogen-bond donors (Lipinski definition) is 0. The SMILES string of the molecule is CCc1ccc(OCC(=O)N(CCC#N)CCC#N)cc1. The number of carbonyl (C=O) groups is 1. The number of amides is 1. The Morgan fingerprint density at radius 1 is 1.14 bits per heavy atom. The molecule has 0 fully saturated rings. The molecule has 1 aromatic rings. The quantitative estimate of drug-likeness (QED) is 0.734. The lowest BCUT2D eigenvalue weighted by atomic mass is 10.2. The van der Waals surface area contributed by atoms with Gasteiger partial charge in [0.2, 0.25) is 0 Å². The topological polar surface area (TPSA) is 77.1 Å². The second-order valence-electron chi connectivity index (χ2n) is 4.48. The van der Waals surface area contributed by atoms with Crippen LogP contribution in [0.4, 0.5) is 0 Å². The predicted octanol–water partition coefficient (Wildman–Crippen LogP) is 2.28. The van der Waals surface area contributed by atoms with E-state index in [1.54, 1.807) is 0 Å². The largest absolute Gasteiger partial charge is 0.484 e. The first-order valence-electron chi connectivity index (χ1n) is 6.94. The lowest BCUT2D eigenvalue weighted by molar-refractivity contribution is -0.133. The van der Waals surface area contributed by atoms with Crippen molar-refractivity contribution >= 4 is 5.91 Å². The molecule has 0 saturated carbocycles. The molecule has 0 aliphatic heterocycles. The molecule has 0 bridgehead atoms. The van der Waals surface area contributed by atoms with Crippen molar-refractivity contribution in [1.29, 1.82) is 10.5 Å². The van der Waals surface area contributed by atoms with Crippen LogP contribution in [-0.2, 0) is 11.2 Å². The highest BCUT2D eigenvalue weighted by Gasteiger charge is 2.13. The van der Waals surface area contributed by atoms with Crippen LogP contribution >= 0.6 is 0 Å². The van der Waals surface area contributed by atoms with Crippen molar-refractivity contribution in [3.05, 3.63) is 29.8 Å². The molecule has 21 heavy (non-hydrogen) atoms. The molecule has 0 heterocycles. The molecule has 0 radical (unpaired) electrons. The Kier molecular flexibility index (Phi) is 7.39. The van der Waals surface area contributed by atoms with Crippen molar-refractivity contribution in [2.75, 3.05) is 19.7 Å². The van der Waals surface area contributed by atoms with Crippen LogP contribution in [0, 0.1) is 22.7 Å². The minimum absolute atomic E-state index is 0.0810. The van der Waals surface area contributed by atoms with E-state index in [1.165, 1.54) is 10.5 Å². The monoisotopic (exact) mass is 285 g/mol. The fourth-order valence-corrected chi connectivity index (χ4v) is 1.79. The third kappa shape index (κ3) is 5.97. The molecule has 0 aliphatic carbocycles. The van der Waals surface area contributed by atoms with E-state index in [9.17, 15) is 4.79 Å². The van der Waals surface area contributed by atoms with Gasteiger partial charge in [-0.15, -0.1) is 0 Å². The fourth-order valence-electron chi connectivity index (χ4n) is 1.79. The molecule has 1 aromatic carbocycles. The second kappa shape index (κ2) is 9.39. The summed E-state index contributed by atoms with van der Waals surface area (Å²) in [6, 6.07) is 11.6. The predicted molar refractivity (Wildman–Crippen MR) is 78.4 cm³/mol. The van der Waals surface area contributed by atoms with Gasteiger partial charge in [-0.05, 0) is 24.1 Å². The van der Waals surface area contributed by atoms with Gasteiger partial charge in [0, 0.05) is 13.1 Å². The highest BCUT2D eigenvalue weighted by Crippen LogP contribution is 2.12. The molecule has 5 heteroatoms. The van der Waals surface area contributed by atoms with Gasteiger partial charge >= 0.3 is 0 Å². The molecule has 5 nitrogen and oxygen atoms in total. The maximum atomic E-state index is 12.0. The number of carbonyl (C=O) groups excluding carboxylic acids is 1. The molecule has 0 aliphatic rings. The summed E-state index contributed by atoms with van der Waals surface area (Å²) in [4.78, 5) is 13.5. The summed E-state index contributed by atoms with van der Waals surface area (Å²) in [6.45, 7) is 2.65. The minimum Gasteiger partial charge on any atom is -0.484 e. The molecule has 0 saturated heterocycles. The molecule has 0 atom stereocenters. The van der Waals surface area contributed by atoms with Crippen molar-refractivity contribution < 1.29 is 9.53 Å². The molecule has 0 aromatic heterocycles. The van der Waals surface area contributed by atoms with Gasteiger partial charge in [0.05, 0.1) is 25.0 Å². The zero-order valence-electron chi connectivity index (χ0n) is 12.2. The van der Waals surface area contributed by atoms with E-state index in [4.69, 9.17) is 15.3 Å². The first-order chi connectivity index (χ1) is 10.2. The number of nitriles is 2. The molecule has 0 spiro atoms. The molecule has 1 amide bonds. The summed E-state index contributed by atoms with van der Waals surface area (Å²) < 4.78 is 5.45. The number of aryl methyl sites for hydroxylation is 1. The fraction of sp³-hybridized carbons (Fsp3) is 0.438. The molecule has 1 rings (SSSR count). The summed E-state index contributed by atoms with van der Waals surface area (Å²) in [5.41, 5.74) is 1.21. The summed E-state index contributed by atoms with van der Waals surface area (Å²) in [5, 5.41) is 17.2. The molecular weight excluding hydrogens is 266 g/mol. The van der Waals surface area contributed by atoms with E-state index < -0.39 is 0 Å². The van der Waals surface area contributed by atoms with Crippen molar-refractivity contribution in [1.82, 2.24) is 4.90 Å². The molecule has 110 valence electrons. The van der Waals surface area contributed by atoms with Crippen LogP contribution in [0.2, 0.25) is 0 Å². The number of hydrogen-bond acceptors (Lipinski definition) is 4. The van der Waals surface area contributed by atoms with E-state index in [0.717, 1.165) is 6.42 Å². The Morgan fingerprint density at radius 3 is 2.19 bits per heavy atom. The highest BCUT2D eigenvalue weighted by atomic mass is 16.5. The Balaban J connectivity index is 2.51. The number of benzene rings is 1. The maximum Gasteiger partial charge on any atom is 0.260 e. The van der Waals surface area contributed by atoms with Gasteiger partial charge < -0.3 is 9.64 Å². The van der Waals surface area contributed by atoms with Crippen molar-refractivity contribution in [2.45, 2.75) is 26.2 Å². The van der Waals surface area contributed by atoms with Crippen LogP contribution in [0.1, 0.15) is 25.3 Å². The van der Waals surface area contributed by atoms with E-state index in [2.05, 4.69) is 6.92 Å². The second-order valence-corrected chi connectivity index (χ2v) is 4.48. The standard InChI is InChI=1S/C16H19N3O2/c1-2-14-5-7-15(8-6-14)21-13-16(20)19(11-3-9-17)12-4-10-18/h5-8H,2-4,11-13H2,1H3. The van der Waals surface area contributed by atoms with Gasteiger partial charge in [0.25, 0.3) is 5.91 Å².